The average molecular weight is 550 g/mol. The highest BCUT2D eigenvalue weighted by molar-refractivity contribution is 5.90. The maximum absolute atomic E-state index is 13.6. The van der Waals surface area contributed by atoms with Crippen molar-refractivity contribution in [2.75, 3.05) is 6.61 Å². The maximum atomic E-state index is 13.6. The smallest absolute Gasteiger partial charge is 0.265 e. The number of aliphatic hydroxyl groups excluding tert-OH is 2. The molecular weight excluding hydrogens is 502 g/mol. The van der Waals surface area contributed by atoms with Crippen LogP contribution in [0, 0.1) is 46.8 Å². The highest BCUT2D eigenvalue weighted by Crippen LogP contribution is 2.62. The molecule has 4 aliphatic carbocycles. The van der Waals surface area contributed by atoms with Crippen LogP contribution in [0.15, 0.2) is 29.3 Å². The van der Waals surface area contributed by atoms with Crippen LogP contribution in [-0.4, -0.2) is 57.8 Å². The van der Waals surface area contributed by atoms with E-state index in [2.05, 4.69) is 37.6 Å². The number of amides is 1. The summed E-state index contributed by atoms with van der Waals surface area (Å²) in [5, 5.41) is 22.2. The van der Waals surface area contributed by atoms with E-state index in [-0.39, 0.29) is 18.4 Å². The Morgan fingerprint density at radius 2 is 1.93 bits per heavy atom. The number of rotatable bonds is 6. The second kappa shape index (κ2) is 11.7. The molecule has 5 aliphatic rings. The molecule has 7 heteroatoms. The number of nitrogens with zero attached hydrogens (tertiary/aromatic N) is 2. The number of carbonyl (C=O) groups is 1. The van der Waals surface area contributed by atoms with Gasteiger partial charge in [0, 0.05) is 17.7 Å². The van der Waals surface area contributed by atoms with Gasteiger partial charge in [0.25, 0.3) is 5.91 Å². The molecule has 0 radical (unpaired) electrons. The van der Waals surface area contributed by atoms with Gasteiger partial charge < -0.3 is 15.9 Å². The molecule has 0 aromatic heterocycles. The fourth-order valence-electron chi connectivity index (χ4n) is 7.87. The number of aliphatic imine (C=N–C) groups is 1. The van der Waals surface area contributed by atoms with Gasteiger partial charge in [0.05, 0.1) is 24.8 Å². The molecule has 1 amide bonds. The van der Waals surface area contributed by atoms with Gasteiger partial charge in [0.15, 0.2) is 0 Å². The molecule has 2 bridgehead atoms. The lowest BCUT2D eigenvalue weighted by Gasteiger charge is -2.61. The third kappa shape index (κ3) is 5.80. The van der Waals surface area contributed by atoms with E-state index >= 15 is 0 Å². The third-order valence-corrected chi connectivity index (χ3v) is 10.7. The van der Waals surface area contributed by atoms with E-state index in [0.717, 1.165) is 43.2 Å². The minimum Gasteiger partial charge on any atom is -0.394 e. The molecule has 7 nitrogen and oxygen atoms in total. The molecule has 1 aliphatic heterocycles. The van der Waals surface area contributed by atoms with E-state index in [4.69, 9.17) is 10.6 Å². The lowest BCUT2D eigenvalue weighted by atomic mass is 9.43. The van der Waals surface area contributed by atoms with E-state index in [1.165, 1.54) is 12.8 Å². The Hall–Kier alpha value is -2.08. The Bertz CT molecular complexity index is 1140. The monoisotopic (exact) mass is 549 g/mol. The normalized spacial score (nSPS) is 35.5. The Labute approximate surface area is 239 Å². The molecular formula is C33H47N3O4. The van der Waals surface area contributed by atoms with Crippen molar-refractivity contribution in [1.29, 1.82) is 0 Å². The van der Waals surface area contributed by atoms with Crippen molar-refractivity contribution in [3.63, 3.8) is 0 Å². The summed E-state index contributed by atoms with van der Waals surface area (Å²) >= 11 is 0. The predicted octanol–water partition coefficient (Wildman–Crippen LogP) is 4.09. The van der Waals surface area contributed by atoms with Crippen molar-refractivity contribution in [3.05, 3.63) is 35.4 Å². The van der Waals surface area contributed by atoms with E-state index in [1.54, 1.807) is 12.0 Å². The van der Waals surface area contributed by atoms with Crippen LogP contribution in [0.4, 0.5) is 0 Å². The number of fused-ring (bicyclic) bond motifs is 2. The van der Waals surface area contributed by atoms with E-state index in [1.807, 2.05) is 30.5 Å². The van der Waals surface area contributed by atoms with Gasteiger partial charge in [-0.3, -0.25) is 9.63 Å². The minimum atomic E-state index is -0.839. The largest absolute Gasteiger partial charge is 0.394 e. The second-order valence-electron chi connectivity index (χ2n) is 13.6. The first-order valence-corrected chi connectivity index (χ1v) is 15.2. The molecule has 1 saturated heterocycles. The molecule has 1 unspecified atom stereocenters. The van der Waals surface area contributed by atoms with Crippen LogP contribution in [0.1, 0.15) is 83.8 Å². The zero-order valence-electron chi connectivity index (χ0n) is 24.6. The first-order valence-electron chi connectivity index (χ1n) is 15.2. The Morgan fingerprint density at radius 1 is 1.23 bits per heavy atom. The van der Waals surface area contributed by atoms with Crippen LogP contribution < -0.4 is 5.73 Å². The molecule has 0 spiro atoms. The highest BCUT2D eigenvalue weighted by Gasteiger charge is 2.56. The molecule has 4 saturated carbocycles. The van der Waals surface area contributed by atoms with E-state index < -0.39 is 29.7 Å². The van der Waals surface area contributed by atoms with Crippen molar-refractivity contribution < 1.29 is 19.8 Å². The molecule has 5 fully saturated rings. The van der Waals surface area contributed by atoms with E-state index in [0.29, 0.717) is 29.7 Å². The summed E-state index contributed by atoms with van der Waals surface area (Å²) in [6, 6.07) is 7.10. The number of nitrogens with two attached hydrogens (primary N) is 1. The number of aliphatic hydroxyl groups is 2. The van der Waals surface area contributed by atoms with Crippen LogP contribution >= 0.6 is 0 Å². The summed E-state index contributed by atoms with van der Waals surface area (Å²) in [5.74, 6) is 7.75. The summed E-state index contributed by atoms with van der Waals surface area (Å²) in [4.78, 5) is 24.1. The van der Waals surface area contributed by atoms with Gasteiger partial charge in [0.2, 0.25) is 0 Å². The van der Waals surface area contributed by atoms with Crippen molar-refractivity contribution >= 4 is 12.1 Å². The van der Waals surface area contributed by atoms with Crippen molar-refractivity contribution in [2.24, 2.45) is 45.7 Å². The number of carbonyl (C=O) groups excluding carboxylic acids is 1. The van der Waals surface area contributed by atoms with E-state index in [9.17, 15) is 15.0 Å². The Balaban J connectivity index is 1.29. The second-order valence-corrected chi connectivity index (χ2v) is 13.6. The van der Waals surface area contributed by atoms with Crippen LogP contribution in [-0.2, 0) is 16.2 Å². The van der Waals surface area contributed by atoms with Gasteiger partial charge in [-0.05, 0) is 79.4 Å². The quantitative estimate of drug-likeness (QED) is 0.364. The van der Waals surface area contributed by atoms with Crippen LogP contribution in [0.25, 0.3) is 0 Å². The van der Waals surface area contributed by atoms with Gasteiger partial charge in [-0.25, -0.2) is 4.99 Å². The first-order chi connectivity index (χ1) is 19.0. The summed E-state index contributed by atoms with van der Waals surface area (Å²) in [5.41, 5.74) is 8.30. The van der Waals surface area contributed by atoms with Gasteiger partial charge in [0.1, 0.15) is 12.1 Å². The average Bonchev–Trinajstić information content (AvgIpc) is 3.30. The van der Waals surface area contributed by atoms with Gasteiger partial charge in [-0.2, -0.15) is 5.06 Å². The van der Waals surface area contributed by atoms with Crippen molar-refractivity contribution in [2.45, 2.75) is 103 Å². The SMILES string of the molecule is C[C@H](O)[C@@H]1[C@H](CO)ON(Cc2ccc(C#CC3(N)CCCCC3)cc2)[C@@H]1C(=O)N=CC1C[C@H]2C[C@@H]([C@@H]1C)C2(C)C. The number of hydroxylamine groups is 2. The summed E-state index contributed by atoms with van der Waals surface area (Å²) in [6.07, 6.45) is 8.05. The van der Waals surface area contributed by atoms with Crippen molar-refractivity contribution in [1.82, 2.24) is 5.06 Å². The molecule has 4 N–H and O–H groups in total. The fraction of sp³-hybridized carbons (Fsp3) is 0.697. The highest BCUT2D eigenvalue weighted by atomic mass is 16.7. The fourth-order valence-corrected chi connectivity index (χ4v) is 7.87. The van der Waals surface area contributed by atoms with Crippen molar-refractivity contribution in [3.8, 4) is 11.8 Å². The number of hydrogen-bond acceptors (Lipinski definition) is 6. The van der Waals surface area contributed by atoms with Gasteiger partial charge >= 0.3 is 0 Å². The Kier molecular flexibility index (Phi) is 8.57. The molecule has 1 heterocycles. The van der Waals surface area contributed by atoms with Crippen LogP contribution in [0.2, 0.25) is 0 Å². The lowest BCUT2D eigenvalue weighted by molar-refractivity contribution is -0.180. The van der Waals surface area contributed by atoms with Crippen LogP contribution in [0.3, 0.4) is 0 Å². The lowest BCUT2D eigenvalue weighted by Crippen LogP contribution is -2.55. The molecule has 1 aromatic carbocycles. The molecule has 1 aromatic rings. The van der Waals surface area contributed by atoms with Gasteiger partial charge in [-0.1, -0.05) is 64.0 Å². The minimum absolute atomic E-state index is 0.282. The Morgan fingerprint density at radius 3 is 2.52 bits per heavy atom. The molecule has 218 valence electrons. The zero-order chi connectivity index (χ0) is 28.7. The summed E-state index contributed by atoms with van der Waals surface area (Å²) in [7, 11) is 0. The molecule has 40 heavy (non-hydrogen) atoms. The summed E-state index contributed by atoms with van der Waals surface area (Å²) in [6.45, 7) is 8.70. The molecule has 6 rings (SSSR count). The molecule has 8 atom stereocenters. The third-order valence-electron chi connectivity index (χ3n) is 10.7. The predicted molar refractivity (Wildman–Crippen MR) is 156 cm³/mol. The number of benzene rings is 1. The topological polar surface area (TPSA) is 108 Å². The first kappa shape index (κ1) is 29.4. The van der Waals surface area contributed by atoms with Gasteiger partial charge in [-0.15, -0.1) is 0 Å². The maximum Gasteiger partial charge on any atom is 0.265 e. The summed E-state index contributed by atoms with van der Waals surface area (Å²) < 4.78 is 0. The number of hydrogen-bond donors (Lipinski definition) is 3. The standard InChI is InChI=1S/C33H47N3O4/c1-21-25(16-26-17-27(21)32(26,3)4)18-35-31(39)30-29(22(2)38)28(20-37)40-36(30)19-24-10-8-23(9-11-24)12-15-33(34)13-6-5-7-14-33/h8-11,18,21-22,25-30,37-38H,5-7,13-14,16-17,19-20,34H2,1-4H3/t21-,22+,25?,26+,27+,28+,29-,30+/m1/s1. The van der Waals surface area contributed by atoms with Crippen LogP contribution in [0.5, 0.6) is 0 Å². The zero-order valence-corrected chi connectivity index (χ0v) is 24.6.